The van der Waals surface area contributed by atoms with Crippen molar-refractivity contribution in [1.29, 1.82) is 0 Å². The standard InChI is InChI=1S/C20H24N2O4S/c21-16(13-23)7-3-4-10-22-19(24)12-18(20(25)26)27-17-9-8-14-5-1-2-6-15(14)11-17/h1-2,5-6,8-9,11,13,16,18H,3-4,7,10,12,21H2,(H,22,24)(H,25,26)/t16-,18-/m0/s1. The average Bonchev–Trinajstić information content (AvgIpc) is 2.66. The summed E-state index contributed by atoms with van der Waals surface area (Å²) in [5.41, 5.74) is 5.50. The Kier molecular flexibility index (Phi) is 8.29. The van der Waals surface area contributed by atoms with E-state index in [0.29, 0.717) is 25.7 Å². The van der Waals surface area contributed by atoms with Gasteiger partial charge in [-0.25, -0.2) is 0 Å². The number of rotatable bonds is 11. The molecule has 0 bridgehead atoms. The van der Waals surface area contributed by atoms with E-state index < -0.39 is 17.3 Å². The quantitative estimate of drug-likeness (QED) is 0.310. The molecule has 144 valence electrons. The van der Waals surface area contributed by atoms with Gasteiger partial charge in [-0.15, -0.1) is 11.8 Å². The summed E-state index contributed by atoms with van der Waals surface area (Å²) in [4.78, 5) is 34.8. The summed E-state index contributed by atoms with van der Waals surface area (Å²) >= 11 is 1.17. The van der Waals surface area contributed by atoms with E-state index in [9.17, 15) is 19.5 Å². The van der Waals surface area contributed by atoms with Crippen molar-refractivity contribution in [2.45, 2.75) is 41.9 Å². The maximum Gasteiger partial charge on any atom is 0.317 e. The summed E-state index contributed by atoms with van der Waals surface area (Å²) in [5.74, 6) is -1.31. The van der Waals surface area contributed by atoms with Crippen LogP contribution >= 0.6 is 11.8 Å². The highest BCUT2D eigenvalue weighted by molar-refractivity contribution is 8.00. The topological polar surface area (TPSA) is 109 Å². The molecule has 2 aromatic rings. The van der Waals surface area contributed by atoms with Gasteiger partial charge in [0.15, 0.2) is 0 Å². The largest absolute Gasteiger partial charge is 0.480 e. The van der Waals surface area contributed by atoms with Gasteiger partial charge in [-0.2, -0.15) is 0 Å². The lowest BCUT2D eigenvalue weighted by Crippen LogP contribution is -2.30. The summed E-state index contributed by atoms with van der Waals surface area (Å²) in [6.45, 7) is 0.442. The minimum atomic E-state index is -1.01. The molecule has 0 aliphatic rings. The molecule has 0 saturated heterocycles. The number of amides is 1. The number of fused-ring (bicyclic) bond motifs is 1. The SMILES string of the molecule is N[C@H](C=O)CCCCNC(=O)C[C@H](Sc1ccc2ccccc2c1)C(=O)O. The van der Waals surface area contributed by atoms with E-state index in [0.717, 1.165) is 22.1 Å². The Labute approximate surface area is 162 Å². The van der Waals surface area contributed by atoms with Crippen LogP contribution in [0.15, 0.2) is 47.4 Å². The molecule has 2 rings (SSSR count). The zero-order valence-corrected chi connectivity index (χ0v) is 15.8. The first-order chi connectivity index (χ1) is 13.0. The van der Waals surface area contributed by atoms with E-state index in [4.69, 9.17) is 5.73 Å². The fourth-order valence-electron chi connectivity index (χ4n) is 2.63. The van der Waals surface area contributed by atoms with Crippen molar-refractivity contribution in [3.63, 3.8) is 0 Å². The number of unbranched alkanes of at least 4 members (excludes halogenated alkanes) is 1. The van der Waals surface area contributed by atoms with Crippen molar-refractivity contribution in [3.05, 3.63) is 42.5 Å². The summed E-state index contributed by atoms with van der Waals surface area (Å²) in [7, 11) is 0. The first-order valence-electron chi connectivity index (χ1n) is 8.85. The maximum absolute atomic E-state index is 12.0. The van der Waals surface area contributed by atoms with Crippen LogP contribution in [0.5, 0.6) is 0 Å². The summed E-state index contributed by atoms with van der Waals surface area (Å²) < 4.78 is 0. The van der Waals surface area contributed by atoms with Crippen molar-refractivity contribution < 1.29 is 19.5 Å². The Bertz CT molecular complexity index is 796. The molecule has 2 aromatic carbocycles. The molecule has 1 amide bonds. The van der Waals surface area contributed by atoms with Gasteiger partial charge < -0.3 is 21.0 Å². The molecule has 0 heterocycles. The molecule has 0 saturated carbocycles. The molecule has 0 unspecified atom stereocenters. The Hall–Kier alpha value is -2.38. The molecule has 0 radical (unpaired) electrons. The predicted octanol–water partition coefficient (Wildman–Crippen LogP) is 2.59. The smallest absolute Gasteiger partial charge is 0.317 e. The van der Waals surface area contributed by atoms with E-state index in [2.05, 4.69) is 5.32 Å². The molecule has 0 fully saturated rings. The predicted molar refractivity (Wildman–Crippen MR) is 107 cm³/mol. The molecular formula is C20H24N2O4S. The fraction of sp³-hybridized carbons (Fsp3) is 0.350. The van der Waals surface area contributed by atoms with Crippen molar-refractivity contribution in [3.8, 4) is 0 Å². The van der Waals surface area contributed by atoms with E-state index in [-0.39, 0.29) is 12.3 Å². The van der Waals surface area contributed by atoms with Gasteiger partial charge in [0, 0.05) is 17.9 Å². The van der Waals surface area contributed by atoms with Gasteiger partial charge in [0.2, 0.25) is 5.91 Å². The molecule has 7 heteroatoms. The van der Waals surface area contributed by atoms with Crippen molar-refractivity contribution in [2.24, 2.45) is 5.73 Å². The Morgan fingerprint density at radius 1 is 1.15 bits per heavy atom. The number of hydrogen-bond donors (Lipinski definition) is 3. The minimum absolute atomic E-state index is 0.0965. The third-order valence-electron chi connectivity index (χ3n) is 4.11. The van der Waals surface area contributed by atoms with Crippen molar-refractivity contribution in [2.75, 3.05) is 6.54 Å². The highest BCUT2D eigenvalue weighted by Crippen LogP contribution is 2.28. The second-order valence-corrected chi connectivity index (χ2v) is 7.58. The fourth-order valence-corrected chi connectivity index (χ4v) is 3.63. The molecule has 2 atom stereocenters. The lowest BCUT2D eigenvalue weighted by Gasteiger charge is -2.13. The summed E-state index contributed by atoms with van der Waals surface area (Å²) in [5, 5.41) is 13.4. The van der Waals surface area contributed by atoms with Crippen LogP contribution < -0.4 is 11.1 Å². The minimum Gasteiger partial charge on any atom is -0.480 e. The van der Waals surface area contributed by atoms with Gasteiger partial charge in [-0.3, -0.25) is 9.59 Å². The lowest BCUT2D eigenvalue weighted by atomic mass is 10.1. The zero-order chi connectivity index (χ0) is 19.6. The van der Waals surface area contributed by atoms with Crippen LogP contribution in [0.3, 0.4) is 0 Å². The van der Waals surface area contributed by atoms with Crippen LogP contribution in [0.4, 0.5) is 0 Å². The number of aliphatic carboxylic acids is 1. The number of carbonyl (C=O) groups is 3. The van der Waals surface area contributed by atoms with Crippen LogP contribution in [0.2, 0.25) is 0 Å². The van der Waals surface area contributed by atoms with Gasteiger partial charge in [-0.05, 0) is 42.2 Å². The van der Waals surface area contributed by atoms with E-state index in [1.54, 1.807) is 0 Å². The van der Waals surface area contributed by atoms with Gasteiger partial charge >= 0.3 is 5.97 Å². The maximum atomic E-state index is 12.0. The number of benzene rings is 2. The Balaban J connectivity index is 1.84. The number of carboxylic acids is 1. The monoisotopic (exact) mass is 388 g/mol. The van der Waals surface area contributed by atoms with Crippen LogP contribution in [-0.2, 0) is 14.4 Å². The first kappa shape index (κ1) is 20.9. The molecule has 0 aliphatic heterocycles. The van der Waals surface area contributed by atoms with Gasteiger partial charge in [-0.1, -0.05) is 30.3 Å². The summed E-state index contributed by atoms with van der Waals surface area (Å²) in [6, 6.07) is 13.1. The summed E-state index contributed by atoms with van der Waals surface area (Å²) in [6.07, 6.45) is 2.62. The number of carbonyl (C=O) groups excluding carboxylic acids is 2. The molecule has 6 nitrogen and oxygen atoms in total. The molecular weight excluding hydrogens is 364 g/mol. The second kappa shape index (κ2) is 10.7. The number of hydrogen-bond acceptors (Lipinski definition) is 5. The molecule has 4 N–H and O–H groups in total. The van der Waals surface area contributed by atoms with Crippen molar-refractivity contribution in [1.82, 2.24) is 5.32 Å². The molecule has 0 aromatic heterocycles. The van der Waals surface area contributed by atoms with Gasteiger partial charge in [0.25, 0.3) is 0 Å². The number of aldehydes is 1. The number of thioether (sulfide) groups is 1. The number of carboxylic acid groups (broad SMARTS) is 1. The van der Waals surface area contributed by atoms with Gasteiger partial charge in [0.1, 0.15) is 11.5 Å². The average molecular weight is 388 g/mol. The van der Waals surface area contributed by atoms with Crippen molar-refractivity contribution >= 4 is 40.7 Å². The Morgan fingerprint density at radius 2 is 1.89 bits per heavy atom. The molecule has 0 aliphatic carbocycles. The lowest BCUT2D eigenvalue weighted by molar-refractivity contribution is -0.138. The highest BCUT2D eigenvalue weighted by Gasteiger charge is 2.22. The number of nitrogens with one attached hydrogen (secondary N) is 1. The first-order valence-corrected chi connectivity index (χ1v) is 9.73. The highest BCUT2D eigenvalue weighted by atomic mass is 32.2. The van der Waals surface area contributed by atoms with E-state index in [1.165, 1.54) is 11.8 Å². The van der Waals surface area contributed by atoms with Crippen LogP contribution in [0.25, 0.3) is 10.8 Å². The van der Waals surface area contributed by atoms with E-state index >= 15 is 0 Å². The second-order valence-electron chi connectivity index (χ2n) is 6.30. The normalized spacial score (nSPS) is 13.1. The zero-order valence-electron chi connectivity index (χ0n) is 15.0. The number of nitrogens with two attached hydrogens (primary N) is 1. The van der Waals surface area contributed by atoms with E-state index in [1.807, 2.05) is 42.5 Å². The van der Waals surface area contributed by atoms with Crippen LogP contribution in [-0.4, -0.2) is 41.1 Å². The van der Waals surface area contributed by atoms with Crippen LogP contribution in [0, 0.1) is 0 Å². The third-order valence-corrected chi connectivity index (χ3v) is 5.29. The molecule has 27 heavy (non-hydrogen) atoms. The third kappa shape index (κ3) is 7.03. The van der Waals surface area contributed by atoms with Crippen LogP contribution in [0.1, 0.15) is 25.7 Å². The molecule has 0 spiro atoms. The Morgan fingerprint density at radius 3 is 2.59 bits per heavy atom. The van der Waals surface area contributed by atoms with Gasteiger partial charge in [0.05, 0.1) is 6.04 Å².